The third-order valence-corrected chi connectivity index (χ3v) is 3.48. The minimum absolute atomic E-state index is 0.202. The molecule has 0 saturated carbocycles. The van der Waals surface area contributed by atoms with E-state index in [1.165, 1.54) is 6.92 Å². The van der Waals surface area contributed by atoms with Gasteiger partial charge in [0, 0.05) is 12.0 Å². The van der Waals surface area contributed by atoms with Crippen LogP contribution in [-0.4, -0.2) is 34.0 Å². The van der Waals surface area contributed by atoms with Gasteiger partial charge in [0.25, 0.3) is 0 Å². The Labute approximate surface area is 143 Å². The number of carbonyl (C=O) groups is 2. The minimum atomic E-state index is -4.39. The van der Waals surface area contributed by atoms with Gasteiger partial charge in [-0.2, -0.15) is 13.2 Å². The fourth-order valence-electron chi connectivity index (χ4n) is 2.43. The van der Waals surface area contributed by atoms with E-state index < -0.39 is 48.4 Å². The van der Waals surface area contributed by atoms with Crippen molar-refractivity contribution < 1.29 is 37.1 Å². The summed E-state index contributed by atoms with van der Waals surface area (Å²) in [7, 11) is 0. The second-order valence-corrected chi connectivity index (χ2v) is 6.82. The van der Waals surface area contributed by atoms with E-state index >= 15 is 0 Å². The van der Waals surface area contributed by atoms with Gasteiger partial charge in [-0.3, -0.25) is 9.59 Å². The molecule has 9 heteroatoms. The number of aliphatic carboxylic acids is 1. The van der Waals surface area contributed by atoms with Gasteiger partial charge in [-0.05, 0) is 40.5 Å². The molecule has 0 saturated heterocycles. The van der Waals surface area contributed by atoms with Crippen LogP contribution in [-0.2, 0) is 14.3 Å². The van der Waals surface area contributed by atoms with Gasteiger partial charge in [0.15, 0.2) is 0 Å². The predicted molar refractivity (Wildman–Crippen MR) is 80.9 cm³/mol. The first kappa shape index (κ1) is 21.0. The average molecular weight is 365 g/mol. The summed E-state index contributed by atoms with van der Waals surface area (Å²) in [5.41, 5.74) is -0.387. The third kappa shape index (κ3) is 6.75. The number of carbonyl (C=O) groups excluding carboxylic acids is 1. The molecule has 142 valence electrons. The maximum absolute atomic E-state index is 12.5. The lowest BCUT2D eigenvalue weighted by molar-refractivity contribution is -0.163. The molecular formula is C16H22F3NO5. The summed E-state index contributed by atoms with van der Waals surface area (Å²) in [4.78, 5) is 24.2. The number of aryl methyl sites for hydroxylation is 1. The number of hydrogen-bond acceptors (Lipinski definition) is 5. The normalized spacial score (nSPS) is 14.8. The number of carboxylic acid groups (broad SMARTS) is 1. The van der Waals surface area contributed by atoms with Crippen LogP contribution in [0.25, 0.3) is 0 Å². The number of aromatic nitrogens is 1. The van der Waals surface area contributed by atoms with Crippen molar-refractivity contribution >= 4 is 11.9 Å². The largest absolute Gasteiger partial charge is 0.481 e. The van der Waals surface area contributed by atoms with Gasteiger partial charge in [0.2, 0.25) is 0 Å². The van der Waals surface area contributed by atoms with Crippen molar-refractivity contribution in [1.82, 2.24) is 5.16 Å². The highest BCUT2D eigenvalue weighted by molar-refractivity contribution is 5.86. The fraction of sp³-hybridized carbons (Fsp3) is 0.688. The van der Waals surface area contributed by atoms with Gasteiger partial charge in [-0.15, -0.1) is 0 Å². The number of rotatable bonds is 7. The van der Waals surface area contributed by atoms with Gasteiger partial charge in [0.05, 0.1) is 11.6 Å². The number of esters is 1. The highest BCUT2D eigenvalue weighted by Crippen LogP contribution is 2.34. The molecule has 2 atom stereocenters. The second-order valence-electron chi connectivity index (χ2n) is 6.82. The van der Waals surface area contributed by atoms with Crippen LogP contribution in [0, 0.1) is 12.8 Å². The lowest BCUT2D eigenvalue weighted by atomic mass is 9.83. The van der Waals surface area contributed by atoms with E-state index in [1.807, 2.05) is 0 Å². The molecule has 1 rings (SSSR count). The lowest BCUT2D eigenvalue weighted by Gasteiger charge is -2.27. The van der Waals surface area contributed by atoms with Crippen LogP contribution in [0.4, 0.5) is 13.2 Å². The standard InChI is InChI=1S/C16H22F3NO5/c1-9-11(8-24-20-9)12(14(23)25-15(2,3)4)10(13(21)22)6-5-7-16(17,18)19/h8,10,12H,5-7H2,1-4H3,(H,21,22)/t10-,12-/m1/s1. The average Bonchev–Trinajstić information content (AvgIpc) is 2.80. The van der Waals surface area contributed by atoms with E-state index in [0.29, 0.717) is 0 Å². The van der Waals surface area contributed by atoms with Crippen molar-refractivity contribution in [3.05, 3.63) is 17.5 Å². The summed E-state index contributed by atoms with van der Waals surface area (Å²) in [6.45, 7) is 6.36. The van der Waals surface area contributed by atoms with Crippen molar-refractivity contribution in [3.63, 3.8) is 0 Å². The lowest BCUT2D eigenvalue weighted by Crippen LogP contribution is -2.34. The van der Waals surface area contributed by atoms with E-state index in [4.69, 9.17) is 9.26 Å². The Kier molecular flexibility index (Phi) is 6.61. The SMILES string of the molecule is Cc1nocc1[C@H](C(=O)OC(C)(C)C)[C@@H](CCCC(F)(F)F)C(=O)O. The number of carboxylic acids is 1. The monoisotopic (exact) mass is 365 g/mol. The quantitative estimate of drug-likeness (QED) is 0.739. The Hall–Kier alpha value is -2.06. The van der Waals surface area contributed by atoms with Gasteiger partial charge in [-0.25, -0.2) is 0 Å². The van der Waals surface area contributed by atoms with Crippen molar-refractivity contribution in [2.24, 2.45) is 5.92 Å². The Morgan fingerprint density at radius 2 is 1.92 bits per heavy atom. The summed E-state index contributed by atoms with van der Waals surface area (Å²) >= 11 is 0. The molecule has 1 aromatic rings. The summed E-state index contributed by atoms with van der Waals surface area (Å²) in [6.07, 6.45) is -5.13. The molecule has 0 bridgehead atoms. The second kappa shape index (κ2) is 7.88. The molecule has 25 heavy (non-hydrogen) atoms. The van der Waals surface area contributed by atoms with Gasteiger partial charge in [-0.1, -0.05) is 5.16 Å². The zero-order valence-corrected chi connectivity index (χ0v) is 14.5. The van der Waals surface area contributed by atoms with Gasteiger partial charge < -0.3 is 14.4 Å². The summed E-state index contributed by atoms with van der Waals surface area (Å²) < 4.78 is 47.1. The number of hydrogen-bond donors (Lipinski definition) is 1. The maximum Gasteiger partial charge on any atom is 0.389 e. The van der Waals surface area contributed by atoms with E-state index in [9.17, 15) is 27.9 Å². The molecule has 0 radical (unpaired) electrons. The molecule has 0 aliphatic rings. The van der Waals surface area contributed by atoms with Crippen LogP contribution in [0.1, 0.15) is 57.2 Å². The highest BCUT2D eigenvalue weighted by atomic mass is 19.4. The number of halogens is 3. The predicted octanol–water partition coefficient (Wildman–Crippen LogP) is 3.84. The van der Waals surface area contributed by atoms with E-state index in [0.717, 1.165) is 6.26 Å². The maximum atomic E-state index is 12.5. The molecule has 0 aromatic carbocycles. The Morgan fingerprint density at radius 3 is 2.32 bits per heavy atom. The summed E-state index contributed by atoms with van der Waals surface area (Å²) in [5.74, 6) is -4.89. The van der Waals surface area contributed by atoms with Gasteiger partial charge >= 0.3 is 18.1 Å². The molecule has 0 fully saturated rings. The molecule has 0 unspecified atom stereocenters. The first-order valence-electron chi connectivity index (χ1n) is 7.75. The van der Waals surface area contributed by atoms with Crippen LogP contribution in [0.2, 0.25) is 0 Å². The topological polar surface area (TPSA) is 89.6 Å². The molecule has 0 aliphatic carbocycles. The van der Waals surface area contributed by atoms with Crippen molar-refractivity contribution in [3.8, 4) is 0 Å². The number of alkyl halides is 3. The number of nitrogens with zero attached hydrogens (tertiary/aromatic N) is 1. The molecule has 0 amide bonds. The zero-order chi connectivity index (χ0) is 19.4. The summed E-state index contributed by atoms with van der Waals surface area (Å²) in [6, 6.07) is 0. The smallest absolute Gasteiger partial charge is 0.389 e. The first-order chi connectivity index (χ1) is 11.3. The Morgan fingerprint density at radius 1 is 1.32 bits per heavy atom. The van der Waals surface area contributed by atoms with Crippen LogP contribution in [0.15, 0.2) is 10.8 Å². The molecular weight excluding hydrogens is 343 g/mol. The molecule has 1 aromatic heterocycles. The molecule has 6 nitrogen and oxygen atoms in total. The fourth-order valence-corrected chi connectivity index (χ4v) is 2.43. The van der Waals surface area contributed by atoms with Crippen molar-refractivity contribution in [2.75, 3.05) is 0 Å². The Balaban J connectivity index is 3.11. The Bertz CT molecular complexity index is 604. The first-order valence-corrected chi connectivity index (χ1v) is 7.75. The van der Waals surface area contributed by atoms with Crippen LogP contribution in [0.3, 0.4) is 0 Å². The van der Waals surface area contributed by atoms with Crippen molar-refractivity contribution in [2.45, 2.75) is 64.7 Å². The van der Waals surface area contributed by atoms with E-state index in [-0.39, 0.29) is 17.7 Å². The van der Waals surface area contributed by atoms with Gasteiger partial charge in [0.1, 0.15) is 17.8 Å². The molecule has 1 N–H and O–H groups in total. The van der Waals surface area contributed by atoms with Crippen molar-refractivity contribution in [1.29, 1.82) is 0 Å². The third-order valence-electron chi connectivity index (χ3n) is 3.48. The highest BCUT2D eigenvalue weighted by Gasteiger charge is 2.40. The van der Waals surface area contributed by atoms with E-state index in [2.05, 4.69) is 5.16 Å². The van der Waals surface area contributed by atoms with Crippen LogP contribution in [0.5, 0.6) is 0 Å². The summed E-state index contributed by atoms with van der Waals surface area (Å²) in [5, 5.41) is 13.1. The van der Waals surface area contributed by atoms with E-state index in [1.54, 1.807) is 20.8 Å². The molecule has 1 heterocycles. The number of ether oxygens (including phenoxy) is 1. The molecule has 0 aliphatic heterocycles. The molecule has 0 spiro atoms. The zero-order valence-electron chi connectivity index (χ0n) is 14.5. The van der Waals surface area contributed by atoms with Crippen LogP contribution >= 0.6 is 0 Å². The van der Waals surface area contributed by atoms with Crippen LogP contribution < -0.4 is 0 Å². The minimum Gasteiger partial charge on any atom is -0.481 e.